The van der Waals surface area contributed by atoms with E-state index < -0.39 is 0 Å². The molecule has 4 nitrogen and oxygen atoms in total. The van der Waals surface area contributed by atoms with Crippen LogP contribution in [0, 0.1) is 0 Å². The molecule has 96 valence electrons. The molecule has 0 saturated carbocycles. The van der Waals surface area contributed by atoms with Crippen molar-refractivity contribution in [1.82, 2.24) is 15.0 Å². The maximum atomic E-state index is 5.89. The highest BCUT2D eigenvalue weighted by Gasteiger charge is 2.16. The highest BCUT2D eigenvalue weighted by molar-refractivity contribution is 7.13. The zero-order valence-corrected chi connectivity index (χ0v) is 11.1. The number of benzene rings is 1. The second kappa shape index (κ2) is 5.34. The number of rotatable bonds is 4. The van der Waals surface area contributed by atoms with E-state index in [-0.39, 0.29) is 5.92 Å². The molecule has 3 rings (SSSR count). The first kappa shape index (κ1) is 12.1. The van der Waals surface area contributed by atoms with Gasteiger partial charge in [0.1, 0.15) is 10.8 Å². The first-order valence-corrected chi connectivity index (χ1v) is 6.96. The number of hydrogen-bond donors (Lipinski definition) is 2. The summed E-state index contributed by atoms with van der Waals surface area (Å²) < 4.78 is 0. The molecule has 3 aromatic rings. The van der Waals surface area contributed by atoms with E-state index in [1.165, 1.54) is 5.56 Å². The molecule has 19 heavy (non-hydrogen) atoms. The Kier molecular flexibility index (Phi) is 3.39. The molecule has 0 aliphatic heterocycles. The normalized spacial score (nSPS) is 12.5. The van der Waals surface area contributed by atoms with Crippen LogP contribution in [0.4, 0.5) is 0 Å². The second-order valence-corrected chi connectivity index (χ2v) is 5.11. The topological polar surface area (TPSA) is 67.6 Å². The molecule has 3 N–H and O–H groups in total. The predicted molar refractivity (Wildman–Crippen MR) is 77.0 cm³/mol. The summed E-state index contributed by atoms with van der Waals surface area (Å²) in [5.74, 6) is 0.980. The van der Waals surface area contributed by atoms with Gasteiger partial charge in [0.05, 0.1) is 17.8 Å². The molecular weight excluding hydrogens is 256 g/mol. The van der Waals surface area contributed by atoms with E-state index in [1.807, 2.05) is 29.8 Å². The molecule has 0 amide bonds. The number of aromatic nitrogens is 3. The van der Waals surface area contributed by atoms with Crippen molar-refractivity contribution in [2.45, 2.75) is 5.92 Å². The smallest absolute Gasteiger partial charge is 0.141 e. The number of imidazole rings is 1. The first-order valence-electron chi connectivity index (χ1n) is 6.08. The van der Waals surface area contributed by atoms with E-state index in [1.54, 1.807) is 17.5 Å². The maximum Gasteiger partial charge on any atom is 0.141 e. The minimum Gasteiger partial charge on any atom is -0.339 e. The third-order valence-corrected chi connectivity index (χ3v) is 3.83. The van der Waals surface area contributed by atoms with Crippen LogP contribution in [0.15, 0.2) is 48.1 Å². The molecule has 2 aromatic heterocycles. The molecule has 0 saturated heterocycles. The van der Waals surface area contributed by atoms with Crippen molar-refractivity contribution in [2.75, 3.05) is 6.54 Å². The summed E-state index contributed by atoms with van der Waals surface area (Å²) in [6, 6.07) is 10.2. The third-order valence-electron chi connectivity index (χ3n) is 3.03. The zero-order valence-electron chi connectivity index (χ0n) is 10.3. The minimum atomic E-state index is 0.0925. The van der Waals surface area contributed by atoms with E-state index in [0.29, 0.717) is 6.54 Å². The summed E-state index contributed by atoms with van der Waals surface area (Å²) in [5, 5.41) is 2.90. The van der Waals surface area contributed by atoms with Gasteiger partial charge in [-0.15, -0.1) is 11.3 Å². The average Bonchev–Trinajstić information content (AvgIpc) is 3.11. The molecule has 0 radical (unpaired) electrons. The van der Waals surface area contributed by atoms with Crippen LogP contribution in [0.2, 0.25) is 0 Å². The Morgan fingerprint density at radius 3 is 2.74 bits per heavy atom. The number of nitrogens with one attached hydrogen (secondary N) is 1. The van der Waals surface area contributed by atoms with Gasteiger partial charge in [0, 0.05) is 18.1 Å². The Morgan fingerprint density at radius 1 is 1.21 bits per heavy atom. The van der Waals surface area contributed by atoms with Crippen molar-refractivity contribution < 1.29 is 0 Å². The number of aromatic amines is 1. The van der Waals surface area contributed by atoms with Gasteiger partial charge in [0.2, 0.25) is 0 Å². The molecule has 1 aromatic carbocycles. The van der Waals surface area contributed by atoms with E-state index in [2.05, 4.69) is 27.1 Å². The van der Waals surface area contributed by atoms with Crippen molar-refractivity contribution in [3.05, 3.63) is 59.5 Å². The summed E-state index contributed by atoms with van der Waals surface area (Å²) in [7, 11) is 0. The minimum absolute atomic E-state index is 0.0925. The molecule has 0 aliphatic carbocycles. The monoisotopic (exact) mass is 270 g/mol. The van der Waals surface area contributed by atoms with Crippen molar-refractivity contribution in [3.63, 3.8) is 0 Å². The van der Waals surface area contributed by atoms with Crippen LogP contribution in [0.3, 0.4) is 0 Å². The molecule has 0 spiro atoms. The summed E-state index contributed by atoms with van der Waals surface area (Å²) in [5.41, 5.74) is 8.01. The van der Waals surface area contributed by atoms with E-state index in [0.717, 1.165) is 16.5 Å². The lowest BCUT2D eigenvalue weighted by Crippen LogP contribution is -2.15. The molecule has 0 bridgehead atoms. The number of nitrogens with two attached hydrogens (primary N) is 1. The van der Waals surface area contributed by atoms with Crippen LogP contribution >= 0.6 is 11.3 Å². The van der Waals surface area contributed by atoms with Gasteiger partial charge < -0.3 is 10.7 Å². The van der Waals surface area contributed by atoms with E-state index in [9.17, 15) is 0 Å². The van der Waals surface area contributed by atoms with Gasteiger partial charge in [-0.2, -0.15) is 0 Å². The van der Waals surface area contributed by atoms with Gasteiger partial charge in [-0.1, -0.05) is 30.3 Å². The lowest BCUT2D eigenvalue weighted by atomic mass is 9.99. The summed E-state index contributed by atoms with van der Waals surface area (Å²) >= 11 is 1.59. The Morgan fingerprint density at radius 2 is 2.05 bits per heavy atom. The van der Waals surface area contributed by atoms with Crippen molar-refractivity contribution in [2.24, 2.45) is 5.73 Å². The predicted octanol–water partition coefficient (Wildman–Crippen LogP) is 2.62. The van der Waals surface area contributed by atoms with Gasteiger partial charge in [-0.05, 0) is 5.56 Å². The SMILES string of the molecule is NCC(c1ccccc1)c1ncc(-c2nccs2)[nH]1. The van der Waals surface area contributed by atoms with Crippen LogP contribution in [0.5, 0.6) is 0 Å². The van der Waals surface area contributed by atoms with Crippen LogP contribution in [0.25, 0.3) is 10.7 Å². The van der Waals surface area contributed by atoms with Crippen LogP contribution in [0.1, 0.15) is 17.3 Å². The Balaban J connectivity index is 1.93. The van der Waals surface area contributed by atoms with Crippen molar-refractivity contribution in [3.8, 4) is 10.7 Å². The first-order chi connectivity index (χ1) is 9.38. The molecule has 0 fully saturated rings. The second-order valence-electron chi connectivity index (χ2n) is 4.22. The van der Waals surface area contributed by atoms with Gasteiger partial charge in [0.15, 0.2) is 0 Å². The molecule has 2 heterocycles. The number of nitrogens with zero attached hydrogens (tertiary/aromatic N) is 2. The largest absolute Gasteiger partial charge is 0.339 e. The van der Waals surface area contributed by atoms with Crippen LogP contribution in [-0.4, -0.2) is 21.5 Å². The Bertz CT molecular complexity index is 631. The van der Waals surface area contributed by atoms with Crippen molar-refractivity contribution in [1.29, 1.82) is 0 Å². The standard InChI is InChI=1S/C14H14N4S/c15-8-11(10-4-2-1-3-5-10)13-17-9-12(18-13)14-16-6-7-19-14/h1-7,9,11H,8,15H2,(H,17,18). The Hall–Kier alpha value is -1.98. The van der Waals surface area contributed by atoms with Gasteiger partial charge >= 0.3 is 0 Å². The van der Waals surface area contributed by atoms with Gasteiger partial charge in [0.25, 0.3) is 0 Å². The number of thiazole rings is 1. The molecule has 1 atom stereocenters. The zero-order chi connectivity index (χ0) is 13.1. The summed E-state index contributed by atoms with van der Waals surface area (Å²) in [4.78, 5) is 12.0. The quantitative estimate of drug-likeness (QED) is 0.765. The molecule has 0 aliphatic rings. The molecular formula is C14H14N4S. The summed E-state index contributed by atoms with van der Waals surface area (Å²) in [6.45, 7) is 0.523. The maximum absolute atomic E-state index is 5.89. The number of H-pyrrole nitrogens is 1. The van der Waals surface area contributed by atoms with Crippen LogP contribution in [-0.2, 0) is 0 Å². The summed E-state index contributed by atoms with van der Waals surface area (Å²) in [6.07, 6.45) is 3.61. The van der Waals surface area contributed by atoms with Crippen LogP contribution < -0.4 is 5.73 Å². The fourth-order valence-corrected chi connectivity index (χ4v) is 2.67. The number of hydrogen-bond acceptors (Lipinski definition) is 4. The van der Waals surface area contributed by atoms with Crippen molar-refractivity contribution >= 4 is 11.3 Å². The molecule has 1 unspecified atom stereocenters. The molecule has 5 heteroatoms. The van der Waals surface area contributed by atoms with E-state index in [4.69, 9.17) is 5.73 Å². The fourth-order valence-electron chi connectivity index (χ4n) is 2.07. The lowest BCUT2D eigenvalue weighted by molar-refractivity contribution is 0.765. The van der Waals surface area contributed by atoms with Gasteiger partial charge in [-0.25, -0.2) is 9.97 Å². The highest BCUT2D eigenvalue weighted by Crippen LogP contribution is 2.25. The highest BCUT2D eigenvalue weighted by atomic mass is 32.1. The Labute approximate surface area is 115 Å². The van der Waals surface area contributed by atoms with Gasteiger partial charge in [-0.3, -0.25) is 0 Å². The van der Waals surface area contributed by atoms with E-state index >= 15 is 0 Å². The average molecular weight is 270 g/mol. The fraction of sp³-hybridized carbons (Fsp3) is 0.143. The lowest BCUT2D eigenvalue weighted by Gasteiger charge is -2.12. The third kappa shape index (κ3) is 2.43.